The van der Waals surface area contributed by atoms with E-state index in [9.17, 15) is 4.79 Å². The highest BCUT2D eigenvalue weighted by molar-refractivity contribution is 5.75. The summed E-state index contributed by atoms with van der Waals surface area (Å²) in [5.74, 6) is -0.129. The Kier molecular flexibility index (Phi) is 5.28. The predicted molar refractivity (Wildman–Crippen MR) is 80.2 cm³/mol. The molecular formula is C16H29NO4. The van der Waals surface area contributed by atoms with E-state index in [4.69, 9.17) is 14.2 Å². The van der Waals surface area contributed by atoms with Gasteiger partial charge < -0.3 is 14.2 Å². The number of hydrogen-bond donors (Lipinski definition) is 0. The van der Waals surface area contributed by atoms with Crippen molar-refractivity contribution in [2.24, 2.45) is 0 Å². The van der Waals surface area contributed by atoms with Gasteiger partial charge in [-0.2, -0.15) is 0 Å². The van der Waals surface area contributed by atoms with Gasteiger partial charge in [-0.05, 0) is 20.3 Å². The standard InChI is InChI=1S/C16H29NO4/c1-5-6-7-13(14(18)19-4)17-10-15(2,3)21-16(11-17)8-9-20-12-16/h13H,5-12H2,1-4H3/t13-,16-/m0/s1. The molecule has 2 fully saturated rings. The maximum atomic E-state index is 12.2. The Morgan fingerprint density at radius 3 is 2.71 bits per heavy atom. The van der Waals surface area contributed by atoms with E-state index in [1.54, 1.807) is 0 Å². The quantitative estimate of drug-likeness (QED) is 0.727. The molecular weight excluding hydrogens is 270 g/mol. The van der Waals surface area contributed by atoms with Gasteiger partial charge in [0.15, 0.2) is 0 Å². The topological polar surface area (TPSA) is 48.0 Å². The molecule has 0 aromatic heterocycles. The van der Waals surface area contributed by atoms with Crippen LogP contribution in [0.15, 0.2) is 0 Å². The summed E-state index contributed by atoms with van der Waals surface area (Å²) in [6.45, 7) is 9.18. The molecule has 2 rings (SSSR count). The number of carbonyl (C=O) groups excluding carboxylic acids is 1. The number of hydrogen-bond acceptors (Lipinski definition) is 5. The number of nitrogens with zero attached hydrogens (tertiary/aromatic N) is 1. The van der Waals surface area contributed by atoms with Crippen LogP contribution in [0.25, 0.3) is 0 Å². The molecule has 21 heavy (non-hydrogen) atoms. The van der Waals surface area contributed by atoms with Gasteiger partial charge in [-0.3, -0.25) is 9.69 Å². The van der Waals surface area contributed by atoms with E-state index in [1.165, 1.54) is 7.11 Å². The second kappa shape index (κ2) is 6.63. The molecule has 0 N–H and O–H groups in total. The summed E-state index contributed by atoms with van der Waals surface area (Å²) in [6.07, 6.45) is 3.85. The Morgan fingerprint density at radius 1 is 1.38 bits per heavy atom. The van der Waals surface area contributed by atoms with E-state index in [0.29, 0.717) is 6.61 Å². The monoisotopic (exact) mass is 299 g/mol. The lowest BCUT2D eigenvalue weighted by Gasteiger charge is -2.49. The number of carbonyl (C=O) groups is 1. The molecule has 5 heteroatoms. The van der Waals surface area contributed by atoms with Crippen molar-refractivity contribution in [3.05, 3.63) is 0 Å². The van der Waals surface area contributed by atoms with Gasteiger partial charge >= 0.3 is 5.97 Å². The van der Waals surface area contributed by atoms with Gasteiger partial charge in [-0.15, -0.1) is 0 Å². The fourth-order valence-corrected chi connectivity index (χ4v) is 3.56. The van der Waals surface area contributed by atoms with E-state index in [2.05, 4.69) is 25.7 Å². The first-order chi connectivity index (χ1) is 9.91. The molecule has 2 saturated heterocycles. The van der Waals surface area contributed by atoms with Crippen LogP contribution >= 0.6 is 0 Å². The third-order valence-corrected chi connectivity index (χ3v) is 4.38. The zero-order valence-corrected chi connectivity index (χ0v) is 13.8. The molecule has 0 unspecified atom stereocenters. The molecule has 0 aliphatic carbocycles. The summed E-state index contributed by atoms with van der Waals surface area (Å²) in [6, 6.07) is -0.171. The Labute approximate surface area is 127 Å². The molecule has 2 aliphatic heterocycles. The maximum absolute atomic E-state index is 12.2. The van der Waals surface area contributed by atoms with Crippen molar-refractivity contribution in [1.82, 2.24) is 4.90 Å². The average molecular weight is 299 g/mol. The largest absolute Gasteiger partial charge is 0.468 e. The highest BCUT2D eigenvalue weighted by Crippen LogP contribution is 2.36. The van der Waals surface area contributed by atoms with Crippen LogP contribution < -0.4 is 0 Å². The van der Waals surface area contributed by atoms with Crippen LogP contribution in [0, 0.1) is 0 Å². The van der Waals surface area contributed by atoms with Crippen LogP contribution in [0.4, 0.5) is 0 Å². The molecule has 0 bridgehead atoms. The molecule has 2 aliphatic rings. The normalized spacial score (nSPS) is 30.5. The van der Waals surface area contributed by atoms with E-state index in [0.717, 1.165) is 45.4 Å². The second-order valence-corrected chi connectivity index (χ2v) is 6.93. The van der Waals surface area contributed by atoms with E-state index < -0.39 is 0 Å². The average Bonchev–Trinajstić information content (AvgIpc) is 2.84. The lowest BCUT2D eigenvalue weighted by molar-refractivity contribution is -0.205. The third kappa shape index (κ3) is 3.96. The fourth-order valence-electron chi connectivity index (χ4n) is 3.56. The summed E-state index contributed by atoms with van der Waals surface area (Å²) >= 11 is 0. The van der Waals surface area contributed by atoms with Crippen LogP contribution in [-0.4, -0.2) is 61.5 Å². The molecule has 0 aromatic carbocycles. The first-order valence-corrected chi connectivity index (χ1v) is 8.01. The summed E-state index contributed by atoms with van der Waals surface area (Å²) < 4.78 is 16.9. The molecule has 5 nitrogen and oxygen atoms in total. The van der Waals surface area contributed by atoms with Crippen molar-refractivity contribution in [3.63, 3.8) is 0 Å². The Morgan fingerprint density at radius 2 is 2.14 bits per heavy atom. The number of morpholine rings is 1. The van der Waals surface area contributed by atoms with Crippen molar-refractivity contribution in [2.75, 3.05) is 33.4 Å². The Bertz CT molecular complexity index is 363. The second-order valence-electron chi connectivity index (χ2n) is 6.93. The van der Waals surface area contributed by atoms with Crippen molar-refractivity contribution >= 4 is 5.97 Å². The Hall–Kier alpha value is -0.650. The summed E-state index contributed by atoms with van der Waals surface area (Å²) in [5.41, 5.74) is -0.537. The lowest BCUT2D eigenvalue weighted by atomic mass is 9.92. The minimum Gasteiger partial charge on any atom is -0.468 e. The minimum atomic E-state index is -0.273. The van der Waals surface area contributed by atoms with E-state index >= 15 is 0 Å². The van der Waals surface area contributed by atoms with Gasteiger partial charge in [0.05, 0.1) is 19.3 Å². The van der Waals surface area contributed by atoms with Crippen molar-refractivity contribution < 1.29 is 19.0 Å². The molecule has 1 spiro atoms. The van der Waals surface area contributed by atoms with Gasteiger partial charge in [0.2, 0.25) is 0 Å². The van der Waals surface area contributed by atoms with Crippen LogP contribution in [0.1, 0.15) is 46.5 Å². The lowest BCUT2D eigenvalue weighted by Crippen LogP contribution is -2.63. The predicted octanol–water partition coefficient (Wildman–Crippen LogP) is 1.99. The molecule has 0 aromatic rings. The molecule has 2 heterocycles. The van der Waals surface area contributed by atoms with Gasteiger partial charge in [-0.1, -0.05) is 19.8 Å². The summed E-state index contributed by atoms with van der Waals surface area (Å²) in [5, 5.41) is 0. The van der Waals surface area contributed by atoms with Gasteiger partial charge in [0.25, 0.3) is 0 Å². The van der Waals surface area contributed by atoms with Gasteiger partial charge in [0, 0.05) is 26.1 Å². The summed E-state index contributed by atoms with van der Waals surface area (Å²) in [7, 11) is 1.47. The molecule has 0 amide bonds. The van der Waals surface area contributed by atoms with Crippen molar-refractivity contribution in [1.29, 1.82) is 0 Å². The highest BCUT2D eigenvalue weighted by Gasteiger charge is 2.49. The zero-order chi connectivity index (χ0) is 15.5. The van der Waals surface area contributed by atoms with E-state index in [1.807, 2.05) is 0 Å². The molecule has 2 atom stereocenters. The smallest absolute Gasteiger partial charge is 0.323 e. The molecule has 122 valence electrons. The third-order valence-electron chi connectivity index (χ3n) is 4.38. The minimum absolute atomic E-state index is 0.129. The summed E-state index contributed by atoms with van der Waals surface area (Å²) in [4.78, 5) is 14.4. The van der Waals surface area contributed by atoms with Crippen LogP contribution in [0.5, 0.6) is 0 Å². The SMILES string of the molecule is CCCC[C@@H](C(=O)OC)N1CC(C)(C)O[C@@]2(CCOC2)C1. The van der Waals surface area contributed by atoms with Crippen LogP contribution in [0.3, 0.4) is 0 Å². The maximum Gasteiger partial charge on any atom is 0.323 e. The van der Waals surface area contributed by atoms with Crippen molar-refractivity contribution in [2.45, 2.75) is 63.7 Å². The number of unbranched alkanes of at least 4 members (excludes halogenated alkanes) is 1. The first-order valence-electron chi connectivity index (χ1n) is 8.01. The molecule has 0 radical (unpaired) electrons. The first kappa shape index (κ1) is 16.7. The van der Waals surface area contributed by atoms with Gasteiger partial charge in [-0.25, -0.2) is 0 Å². The number of esters is 1. The van der Waals surface area contributed by atoms with Crippen LogP contribution in [-0.2, 0) is 19.0 Å². The van der Waals surface area contributed by atoms with Gasteiger partial charge in [0.1, 0.15) is 11.6 Å². The number of ether oxygens (including phenoxy) is 3. The molecule has 0 saturated carbocycles. The number of methoxy groups -OCH3 is 1. The fraction of sp³-hybridized carbons (Fsp3) is 0.938. The Balaban J connectivity index is 2.15. The highest BCUT2D eigenvalue weighted by atomic mass is 16.6. The zero-order valence-electron chi connectivity index (χ0n) is 13.8. The number of rotatable bonds is 5. The van der Waals surface area contributed by atoms with E-state index in [-0.39, 0.29) is 23.2 Å². The van der Waals surface area contributed by atoms with Crippen molar-refractivity contribution in [3.8, 4) is 0 Å². The van der Waals surface area contributed by atoms with Crippen LogP contribution in [0.2, 0.25) is 0 Å².